The van der Waals surface area contributed by atoms with Crippen LogP contribution in [0, 0.1) is 47.1 Å². The minimum Gasteiger partial charge on any atom is -0.359 e. The molecule has 9 nitrogen and oxygen atoms in total. The van der Waals surface area contributed by atoms with Crippen molar-refractivity contribution in [2.75, 3.05) is 4.90 Å². The Kier molecular flexibility index (Phi) is 5.09. The van der Waals surface area contributed by atoms with Crippen molar-refractivity contribution in [2.24, 2.45) is 11.8 Å². The molecule has 0 bridgehead atoms. The minimum atomic E-state index is -1.05. The first-order valence-electron chi connectivity index (χ1n) is 11.0. The van der Waals surface area contributed by atoms with Crippen LogP contribution in [0.3, 0.4) is 0 Å². The fourth-order valence-electron chi connectivity index (χ4n) is 5.36. The number of non-ortho nitro benzene ring substituents is 1. The number of aryl methyl sites for hydroxylation is 2. The molecule has 9 heteroatoms. The Morgan fingerprint density at radius 3 is 2.51 bits per heavy atom. The molecule has 3 aliphatic rings. The van der Waals surface area contributed by atoms with Crippen molar-refractivity contribution in [1.82, 2.24) is 4.90 Å². The van der Waals surface area contributed by atoms with E-state index in [0.29, 0.717) is 11.3 Å². The summed E-state index contributed by atoms with van der Waals surface area (Å²) in [5.74, 6) is -3.29. The van der Waals surface area contributed by atoms with Gasteiger partial charge in [0.25, 0.3) is 5.69 Å². The number of hydrogen-bond acceptors (Lipinski definition) is 7. The minimum absolute atomic E-state index is 0.0808. The van der Waals surface area contributed by atoms with E-state index in [-0.39, 0.29) is 11.3 Å². The number of imide groups is 1. The van der Waals surface area contributed by atoms with Crippen LogP contribution in [-0.4, -0.2) is 39.5 Å². The van der Waals surface area contributed by atoms with Crippen LogP contribution < -0.4 is 4.90 Å². The number of nitro groups is 1. The second kappa shape index (κ2) is 8.02. The molecule has 2 amide bonds. The molecule has 0 aromatic heterocycles. The summed E-state index contributed by atoms with van der Waals surface area (Å²) in [5.41, 5.74) is 2.37. The first kappa shape index (κ1) is 22.2. The van der Waals surface area contributed by atoms with Crippen molar-refractivity contribution < 1.29 is 19.3 Å². The molecule has 4 atom stereocenters. The standard InChI is InChI=1S/C26H20N4O5/c1-14-6-7-19(15(2)10-14)29-25(32)21-20-11-16(13-27)8-9-28(20)23(22(21)26(29)33)24(31)17-4-3-5-18(12-17)30(34)35/h3-12,20-23H,1-2H3/t20-,21-,22-,23-/m0/s1. The van der Waals surface area contributed by atoms with Gasteiger partial charge in [-0.2, -0.15) is 5.26 Å². The van der Waals surface area contributed by atoms with Crippen LogP contribution in [0.1, 0.15) is 21.5 Å². The van der Waals surface area contributed by atoms with Crippen molar-refractivity contribution in [3.63, 3.8) is 0 Å². The van der Waals surface area contributed by atoms with Crippen molar-refractivity contribution in [3.8, 4) is 6.07 Å². The zero-order valence-corrected chi connectivity index (χ0v) is 18.9. The van der Waals surface area contributed by atoms with Crippen LogP contribution >= 0.6 is 0 Å². The Labute approximate surface area is 200 Å². The predicted octanol–water partition coefficient (Wildman–Crippen LogP) is 3.23. The van der Waals surface area contributed by atoms with Gasteiger partial charge in [-0.15, -0.1) is 0 Å². The molecule has 0 radical (unpaired) electrons. The second-order valence-corrected chi connectivity index (χ2v) is 8.96. The third-order valence-electron chi connectivity index (χ3n) is 6.88. The molecule has 174 valence electrons. The molecule has 3 aliphatic heterocycles. The number of Topliss-reactive ketones (excluding diaryl/α,β-unsaturated/α-hetero) is 1. The number of benzene rings is 2. The number of carbonyl (C=O) groups is 3. The first-order valence-corrected chi connectivity index (χ1v) is 11.0. The summed E-state index contributed by atoms with van der Waals surface area (Å²) in [7, 11) is 0. The van der Waals surface area contributed by atoms with Crippen LogP contribution in [-0.2, 0) is 9.59 Å². The Bertz CT molecular complexity index is 1420. The summed E-state index contributed by atoms with van der Waals surface area (Å²) >= 11 is 0. The van der Waals surface area contributed by atoms with Crippen molar-refractivity contribution >= 4 is 29.0 Å². The lowest BCUT2D eigenvalue weighted by Gasteiger charge is -2.32. The van der Waals surface area contributed by atoms with Gasteiger partial charge in [0.1, 0.15) is 6.04 Å². The lowest BCUT2D eigenvalue weighted by molar-refractivity contribution is -0.384. The summed E-state index contributed by atoms with van der Waals surface area (Å²) in [6, 6.07) is 11.1. The van der Waals surface area contributed by atoms with Gasteiger partial charge in [0.15, 0.2) is 5.78 Å². The summed E-state index contributed by atoms with van der Waals surface area (Å²) in [4.78, 5) is 54.6. The van der Waals surface area contributed by atoms with Gasteiger partial charge < -0.3 is 4.90 Å². The molecule has 2 aromatic rings. The monoisotopic (exact) mass is 468 g/mol. The predicted molar refractivity (Wildman–Crippen MR) is 125 cm³/mol. The number of anilines is 1. The maximum atomic E-state index is 13.8. The number of allylic oxidation sites excluding steroid dienone is 2. The fourth-order valence-corrected chi connectivity index (χ4v) is 5.36. The topological polar surface area (TPSA) is 125 Å². The van der Waals surface area contributed by atoms with E-state index in [1.165, 1.54) is 30.3 Å². The lowest BCUT2D eigenvalue weighted by Crippen LogP contribution is -2.46. The Morgan fingerprint density at radius 2 is 1.83 bits per heavy atom. The Hall–Kier alpha value is -4.58. The van der Waals surface area contributed by atoms with E-state index in [9.17, 15) is 29.8 Å². The van der Waals surface area contributed by atoms with Gasteiger partial charge in [-0.25, -0.2) is 4.90 Å². The molecule has 0 unspecified atom stereocenters. The summed E-state index contributed by atoms with van der Waals surface area (Å²) < 4.78 is 0. The quantitative estimate of drug-likeness (QED) is 0.292. The molecule has 2 aromatic carbocycles. The Morgan fingerprint density at radius 1 is 1.09 bits per heavy atom. The molecule has 2 saturated heterocycles. The van der Waals surface area contributed by atoms with E-state index >= 15 is 0 Å². The highest BCUT2D eigenvalue weighted by Gasteiger charge is 2.63. The van der Waals surface area contributed by atoms with Gasteiger partial charge in [-0.05, 0) is 37.6 Å². The third kappa shape index (κ3) is 3.34. The number of fused-ring (bicyclic) bond motifs is 3. The molecule has 0 N–H and O–H groups in total. The third-order valence-corrected chi connectivity index (χ3v) is 6.88. The first-order chi connectivity index (χ1) is 16.7. The number of carbonyl (C=O) groups excluding carboxylic acids is 3. The van der Waals surface area contributed by atoms with E-state index in [1.807, 2.05) is 26.0 Å². The van der Waals surface area contributed by atoms with Crippen molar-refractivity contribution in [2.45, 2.75) is 25.9 Å². The molecule has 0 saturated carbocycles. The van der Waals surface area contributed by atoms with Crippen LogP contribution in [0.25, 0.3) is 0 Å². The molecule has 0 aliphatic carbocycles. The highest BCUT2D eigenvalue weighted by molar-refractivity contribution is 6.25. The SMILES string of the molecule is Cc1ccc(N2C(=O)[C@@H]3[C@H](C2=O)[C@@H](C(=O)c2cccc([N+](=O)[O-])c2)N2C=CC(C#N)=C[C@@H]32)c(C)c1. The van der Waals surface area contributed by atoms with Crippen LogP contribution in [0.5, 0.6) is 0 Å². The summed E-state index contributed by atoms with van der Waals surface area (Å²) in [6.45, 7) is 3.72. The van der Waals surface area contributed by atoms with Gasteiger partial charge in [0.2, 0.25) is 11.8 Å². The Balaban J connectivity index is 1.62. The fraction of sp³-hybridized carbons (Fsp3) is 0.231. The van der Waals surface area contributed by atoms with Gasteiger partial charge >= 0.3 is 0 Å². The van der Waals surface area contributed by atoms with E-state index < -0.39 is 46.4 Å². The van der Waals surface area contributed by atoms with Crippen molar-refractivity contribution in [1.29, 1.82) is 5.26 Å². The van der Waals surface area contributed by atoms with Crippen LogP contribution in [0.15, 0.2) is 66.4 Å². The van der Waals surface area contributed by atoms with E-state index in [2.05, 4.69) is 6.07 Å². The van der Waals surface area contributed by atoms with Gasteiger partial charge in [-0.3, -0.25) is 24.5 Å². The van der Waals surface area contributed by atoms with E-state index in [1.54, 1.807) is 23.2 Å². The second-order valence-electron chi connectivity index (χ2n) is 8.96. The number of nitro benzene ring substituents is 1. The van der Waals surface area contributed by atoms with Crippen LogP contribution in [0.2, 0.25) is 0 Å². The molecule has 0 spiro atoms. The highest BCUT2D eigenvalue weighted by Crippen LogP contribution is 2.47. The van der Waals surface area contributed by atoms with Gasteiger partial charge in [0.05, 0.1) is 40.1 Å². The smallest absolute Gasteiger partial charge is 0.270 e. The average molecular weight is 468 g/mol. The lowest BCUT2D eigenvalue weighted by atomic mass is 9.86. The molecule has 3 heterocycles. The molecule has 35 heavy (non-hydrogen) atoms. The summed E-state index contributed by atoms with van der Waals surface area (Å²) in [6.07, 6.45) is 4.70. The van der Waals surface area contributed by atoms with E-state index in [4.69, 9.17) is 0 Å². The number of hydrogen-bond donors (Lipinski definition) is 0. The maximum absolute atomic E-state index is 13.8. The number of nitrogens with zero attached hydrogens (tertiary/aromatic N) is 4. The number of rotatable bonds is 4. The summed E-state index contributed by atoms with van der Waals surface area (Å²) in [5, 5.41) is 20.7. The number of nitriles is 1. The zero-order chi connectivity index (χ0) is 25.0. The van der Waals surface area contributed by atoms with Gasteiger partial charge in [-0.1, -0.05) is 29.8 Å². The molecular formula is C26H20N4O5. The van der Waals surface area contributed by atoms with E-state index in [0.717, 1.165) is 16.0 Å². The van der Waals surface area contributed by atoms with Gasteiger partial charge in [0, 0.05) is 23.9 Å². The molecular weight excluding hydrogens is 448 g/mol. The average Bonchev–Trinajstić information content (AvgIpc) is 3.31. The number of amides is 2. The van der Waals surface area contributed by atoms with Crippen molar-refractivity contribution in [3.05, 3.63) is 93.2 Å². The molecule has 5 rings (SSSR count). The highest BCUT2D eigenvalue weighted by atomic mass is 16.6. The normalized spacial score (nSPS) is 24.7. The van der Waals surface area contributed by atoms with Crippen LogP contribution in [0.4, 0.5) is 11.4 Å². The largest absolute Gasteiger partial charge is 0.359 e. The maximum Gasteiger partial charge on any atom is 0.270 e. The number of ketones is 1. The zero-order valence-electron chi connectivity index (χ0n) is 18.9. The molecule has 2 fully saturated rings.